The number of carboxylic acids is 1. The minimum Gasteiger partial charge on any atom is -0.480 e. The van der Waals surface area contributed by atoms with Gasteiger partial charge in [0.2, 0.25) is 0 Å². The van der Waals surface area contributed by atoms with Gasteiger partial charge in [0.15, 0.2) is 0 Å². The smallest absolute Gasteiger partial charge is 0.328 e. The highest BCUT2D eigenvalue weighted by Crippen LogP contribution is 2.19. The highest BCUT2D eigenvalue weighted by atomic mass is 16.4. The molecule has 5 heteroatoms. The van der Waals surface area contributed by atoms with Crippen LogP contribution in [0.2, 0.25) is 0 Å². The van der Waals surface area contributed by atoms with Gasteiger partial charge in [0.1, 0.15) is 6.04 Å². The number of nitrogens with zero attached hydrogens (tertiary/aromatic N) is 1. The average Bonchev–Trinajstić information content (AvgIpc) is 2.80. The van der Waals surface area contributed by atoms with Gasteiger partial charge in [-0.3, -0.25) is 0 Å². The first-order valence-corrected chi connectivity index (χ1v) is 6.40. The zero-order chi connectivity index (χ0) is 14.1. The fourth-order valence-corrected chi connectivity index (χ4v) is 2.47. The van der Waals surface area contributed by atoms with Crippen LogP contribution in [-0.4, -0.2) is 34.6 Å². The topological polar surface area (TPSA) is 69.6 Å². The number of hydrogen-bond acceptors (Lipinski definition) is 2. The van der Waals surface area contributed by atoms with E-state index in [1.54, 1.807) is 0 Å². The molecule has 20 heavy (non-hydrogen) atoms. The number of aliphatic carboxylic acids is 1. The molecule has 0 spiro atoms. The number of carbonyl (C=O) groups excluding carboxylic acids is 1. The van der Waals surface area contributed by atoms with Gasteiger partial charge < -0.3 is 15.3 Å². The number of carboxylic acid groups (broad SMARTS) is 1. The number of fused-ring (bicyclic) bond motifs is 1. The maximum absolute atomic E-state index is 11.7. The number of urea groups is 1. The van der Waals surface area contributed by atoms with Crippen LogP contribution in [0.1, 0.15) is 5.56 Å². The minimum absolute atomic E-state index is 0.155. The molecule has 0 radical (unpaired) electrons. The molecule has 1 fully saturated rings. The summed E-state index contributed by atoms with van der Waals surface area (Å²) >= 11 is 0. The number of nitrogens with one attached hydrogen (secondary N) is 1. The van der Waals surface area contributed by atoms with Crippen LogP contribution in [0.25, 0.3) is 10.8 Å². The quantitative estimate of drug-likeness (QED) is 0.893. The Hall–Kier alpha value is -2.56. The molecular weight excluding hydrogens is 256 g/mol. The molecule has 0 unspecified atom stereocenters. The molecule has 2 N–H and O–H groups in total. The van der Waals surface area contributed by atoms with Crippen LogP contribution in [0.4, 0.5) is 4.79 Å². The summed E-state index contributed by atoms with van der Waals surface area (Å²) in [6, 6.07) is 12.7. The number of amides is 2. The van der Waals surface area contributed by atoms with Crippen LogP contribution in [0.5, 0.6) is 0 Å². The zero-order valence-corrected chi connectivity index (χ0v) is 10.7. The second-order valence-electron chi connectivity index (χ2n) is 4.85. The number of rotatable bonds is 3. The van der Waals surface area contributed by atoms with Crippen LogP contribution >= 0.6 is 0 Å². The lowest BCUT2D eigenvalue weighted by Gasteiger charge is -2.20. The Morgan fingerprint density at radius 2 is 2.00 bits per heavy atom. The summed E-state index contributed by atoms with van der Waals surface area (Å²) in [5, 5.41) is 13.9. The summed E-state index contributed by atoms with van der Waals surface area (Å²) in [6.45, 7) is 0.454. The lowest BCUT2D eigenvalue weighted by Crippen LogP contribution is -2.38. The number of benzene rings is 2. The van der Waals surface area contributed by atoms with Crippen molar-refractivity contribution in [1.82, 2.24) is 10.2 Å². The first-order chi connectivity index (χ1) is 9.65. The molecule has 1 atom stereocenters. The Morgan fingerprint density at radius 3 is 2.75 bits per heavy atom. The summed E-state index contributed by atoms with van der Waals surface area (Å²) in [4.78, 5) is 24.2. The first-order valence-electron chi connectivity index (χ1n) is 6.40. The predicted octanol–water partition coefficient (Wildman–Crippen LogP) is 1.82. The largest absolute Gasteiger partial charge is 0.480 e. The van der Waals surface area contributed by atoms with Gasteiger partial charge in [-0.1, -0.05) is 36.4 Å². The lowest BCUT2D eigenvalue weighted by atomic mass is 10.1. The second kappa shape index (κ2) is 4.85. The maximum Gasteiger partial charge on any atom is 0.328 e. The summed E-state index contributed by atoms with van der Waals surface area (Å²) in [7, 11) is 0. The van der Waals surface area contributed by atoms with Crippen molar-refractivity contribution in [3.8, 4) is 0 Å². The predicted molar refractivity (Wildman–Crippen MR) is 74.3 cm³/mol. The van der Waals surface area contributed by atoms with E-state index >= 15 is 0 Å². The minimum atomic E-state index is -0.982. The first kappa shape index (κ1) is 12.5. The molecule has 1 saturated heterocycles. The number of hydrogen-bond donors (Lipinski definition) is 2. The summed E-state index contributed by atoms with van der Waals surface area (Å²) in [5.74, 6) is -0.982. The van der Waals surface area contributed by atoms with E-state index < -0.39 is 12.0 Å². The molecule has 0 aliphatic carbocycles. The van der Waals surface area contributed by atoms with Crippen molar-refractivity contribution in [3.63, 3.8) is 0 Å². The van der Waals surface area contributed by atoms with Gasteiger partial charge in [-0.2, -0.15) is 0 Å². The van der Waals surface area contributed by atoms with Crippen molar-refractivity contribution in [1.29, 1.82) is 0 Å². The molecule has 5 nitrogen and oxygen atoms in total. The van der Waals surface area contributed by atoms with E-state index in [-0.39, 0.29) is 12.6 Å². The third-order valence-corrected chi connectivity index (χ3v) is 3.54. The average molecular weight is 270 g/mol. The molecule has 0 saturated carbocycles. The fraction of sp³-hybridized carbons (Fsp3) is 0.200. The SMILES string of the molecule is O=C(O)[C@@H]1CNC(=O)N1Cc1ccc2ccccc2c1. The molecular formula is C15H14N2O3. The van der Waals surface area contributed by atoms with E-state index in [0.717, 1.165) is 16.3 Å². The zero-order valence-electron chi connectivity index (χ0n) is 10.7. The molecule has 1 aliphatic heterocycles. The second-order valence-corrected chi connectivity index (χ2v) is 4.85. The van der Waals surface area contributed by atoms with Crippen molar-refractivity contribution >= 4 is 22.8 Å². The van der Waals surface area contributed by atoms with Gasteiger partial charge in [0, 0.05) is 6.54 Å². The highest BCUT2D eigenvalue weighted by molar-refractivity contribution is 5.87. The summed E-state index contributed by atoms with van der Waals surface area (Å²) in [5.41, 5.74) is 0.923. The van der Waals surface area contributed by atoms with Crippen LogP contribution in [0.3, 0.4) is 0 Å². The van der Waals surface area contributed by atoms with Crippen LogP contribution in [0.15, 0.2) is 42.5 Å². The molecule has 2 amide bonds. The third-order valence-electron chi connectivity index (χ3n) is 3.54. The molecule has 2 aromatic rings. The Bertz CT molecular complexity index is 684. The molecule has 1 heterocycles. The van der Waals surface area contributed by atoms with E-state index in [2.05, 4.69) is 5.32 Å². The fourth-order valence-electron chi connectivity index (χ4n) is 2.47. The summed E-state index contributed by atoms with van der Waals surface area (Å²) in [6.07, 6.45) is 0. The molecule has 0 aromatic heterocycles. The Morgan fingerprint density at radius 1 is 1.25 bits per heavy atom. The monoisotopic (exact) mass is 270 g/mol. The van der Waals surface area contributed by atoms with E-state index in [9.17, 15) is 9.59 Å². The Balaban J connectivity index is 1.88. The van der Waals surface area contributed by atoms with Gasteiger partial charge in [0.25, 0.3) is 0 Å². The maximum atomic E-state index is 11.7. The van der Waals surface area contributed by atoms with E-state index in [0.29, 0.717) is 6.54 Å². The van der Waals surface area contributed by atoms with Crippen molar-refractivity contribution in [2.24, 2.45) is 0 Å². The van der Waals surface area contributed by atoms with Gasteiger partial charge in [-0.05, 0) is 22.4 Å². The van der Waals surface area contributed by atoms with Gasteiger partial charge in [0.05, 0.1) is 6.54 Å². The van der Waals surface area contributed by atoms with Crippen molar-refractivity contribution in [2.75, 3.05) is 6.54 Å². The standard InChI is InChI=1S/C15H14N2O3/c18-14(19)13-8-16-15(20)17(13)9-10-5-6-11-3-1-2-4-12(11)7-10/h1-7,13H,8-9H2,(H,16,20)(H,18,19)/t13-/m0/s1. The van der Waals surface area contributed by atoms with Crippen LogP contribution in [-0.2, 0) is 11.3 Å². The molecule has 3 rings (SSSR count). The third kappa shape index (κ3) is 2.18. The van der Waals surface area contributed by atoms with E-state index in [1.165, 1.54) is 4.90 Å². The van der Waals surface area contributed by atoms with Crippen LogP contribution in [0, 0.1) is 0 Å². The molecule has 0 bridgehead atoms. The van der Waals surface area contributed by atoms with Gasteiger partial charge in [-0.15, -0.1) is 0 Å². The molecule has 102 valence electrons. The molecule has 1 aliphatic rings. The highest BCUT2D eigenvalue weighted by Gasteiger charge is 2.35. The summed E-state index contributed by atoms with van der Waals surface area (Å²) < 4.78 is 0. The van der Waals surface area contributed by atoms with Crippen LogP contribution < -0.4 is 5.32 Å². The molecule has 2 aromatic carbocycles. The van der Waals surface area contributed by atoms with Crippen molar-refractivity contribution in [2.45, 2.75) is 12.6 Å². The van der Waals surface area contributed by atoms with Gasteiger partial charge >= 0.3 is 12.0 Å². The Labute approximate surface area is 115 Å². The number of carbonyl (C=O) groups is 2. The Kier molecular flexibility index (Phi) is 3.02. The van der Waals surface area contributed by atoms with E-state index in [1.807, 2.05) is 42.5 Å². The van der Waals surface area contributed by atoms with Crippen molar-refractivity contribution < 1.29 is 14.7 Å². The normalized spacial score (nSPS) is 18.3. The van der Waals surface area contributed by atoms with E-state index in [4.69, 9.17) is 5.11 Å². The van der Waals surface area contributed by atoms with Crippen molar-refractivity contribution in [3.05, 3.63) is 48.0 Å². The lowest BCUT2D eigenvalue weighted by molar-refractivity contribution is -0.141. The van der Waals surface area contributed by atoms with Gasteiger partial charge in [-0.25, -0.2) is 9.59 Å².